The lowest BCUT2D eigenvalue weighted by Gasteiger charge is -2.35. The van der Waals surface area contributed by atoms with E-state index in [2.05, 4.69) is 35.1 Å². The second-order valence-corrected chi connectivity index (χ2v) is 4.49. The van der Waals surface area contributed by atoms with Crippen LogP contribution in [0.1, 0.15) is 20.8 Å². The molecule has 2 heterocycles. The normalized spacial score (nSPS) is 17.4. The van der Waals surface area contributed by atoms with Crippen LogP contribution in [0.25, 0.3) is 0 Å². The Morgan fingerprint density at radius 2 is 2.28 bits per heavy atom. The molecule has 1 unspecified atom stereocenters. The SMILES string of the molecule is Br.CC(C)=CCN1c2cnccc2NC(=O)C1C. The summed E-state index contributed by atoms with van der Waals surface area (Å²) in [7, 11) is 0. The van der Waals surface area contributed by atoms with E-state index in [9.17, 15) is 4.79 Å². The molecule has 0 aliphatic carbocycles. The van der Waals surface area contributed by atoms with E-state index in [4.69, 9.17) is 0 Å². The van der Waals surface area contributed by atoms with E-state index in [1.54, 1.807) is 12.4 Å². The molecule has 0 saturated heterocycles. The second kappa shape index (κ2) is 6.00. The zero-order chi connectivity index (χ0) is 12.4. The van der Waals surface area contributed by atoms with Crippen LogP contribution in [0.15, 0.2) is 30.1 Å². The first-order valence-electron chi connectivity index (χ1n) is 5.74. The molecule has 0 fully saturated rings. The average molecular weight is 312 g/mol. The number of halogens is 1. The van der Waals surface area contributed by atoms with Gasteiger partial charge in [0.15, 0.2) is 0 Å². The predicted octanol–water partition coefficient (Wildman–Crippen LogP) is 2.77. The number of carbonyl (C=O) groups is 1. The molecule has 1 aliphatic heterocycles. The Bertz CT molecular complexity index is 469. The van der Waals surface area contributed by atoms with Gasteiger partial charge < -0.3 is 10.2 Å². The summed E-state index contributed by atoms with van der Waals surface area (Å²) < 4.78 is 0. The lowest BCUT2D eigenvalue weighted by Crippen LogP contribution is -2.46. The van der Waals surface area contributed by atoms with Crippen LogP contribution in [0.4, 0.5) is 11.4 Å². The van der Waals surface area contributed by atoms with Gasteiger partial charge in [0.2, 0.25) is 5.91 Å². The fourth-order valence-corrected chi connectivity index (χ4v) is 1.85. The summed E-state index contributed by atoms with van der Waals surface area (Å²) >= 11 is 0. The van der Waals surface area contributed by atoms with Gasteiger partial charge in [0.1, 0.15) is 6.04 Å². The molecule has 1 aliphatic rings. The lowest BCUT2D eigenvalue weighted by molar-refractivity contribution is -0.117. The highest BCUT2D eigenvalue weighted by Crippen LogP contribution is 2.30. The molecule has 0 radical (unpaired) electrons. The van der Waals surface area contributed by atoms with Gasteiger partial charge in [-0.3, -0.25) is 9.78 Å². The van der Waals surface area contributed by atoms with Gasteiger partial charge in [0, 0.05) is 12.7 Å². The molecule has 1 aromatic rings. The molecule has 0 bridgehead atoms. The zero-order valence-electron chi connectivity index (χ0n) is 10.8. The van der Waals surface area contributed by atoms with Crippen molar-refractivity contribution in [3.05, 3.63) is 30.1 Å². The van der Waals surface area contributed by atoms with Crippen molar-refractivity contribution in [3.8, 4) is 0 Å². The van der Waals surface area contributed by atoms with E-state index in [-0.39, 0.29) is 28.9 Å². The monoisotopic (exact) mass is 311 g/mol. The maximum absolute atomic E-state index is 11.8. The van der Waals surface area contributed by atoms with Crippen LogP contribution in [-0.2, 0) is 4.79 Å². The molecule has 98 valence electrons. The number of carbonyl (C=O) groups excluding carboxylic acids is 1. The Morgan fingerprint density at radius 1 is 1.56 bits per heavy atom. The summed E-state index contributed by atoms with van der Waals surface area (Å²) in [6.07, 6.45) is 5.60. The third-order valence-corrected chi connectivity index (χ3v) is 2.91. The Kier molecular flexibility index (Phi) is 4.90. The summed E-state index contributed by atoms with van der Waals surface area (Å²) in [5, 5.41) is 2.89. The van der Waals surface area contributed by atoms with E-state index < -0.39 is 0 Å². The number of amides is 1. The highest BCUT2D eigenvalue weighted by atomic mass is 79.9. The fourth-order valence-electron chi connectivity index (χ4n) is 1.85. The highest BCUT2D eigenvalue weighted by molar-refractivity contribution is 8.93. The third kappa shape index (κ3) is 2.90. The average Bonchev–Trinajstić information content (AvgIpc) is 2.29. The van der Waals surface area contributed by atoms with Crippen LogP contribution in [0.5, 0.6) is 0 Å². The van der Waals surface area contributed by atoms with Gasteiger partial charge in [-0.25, -0.2) is 0 Å². The van der Waals surface area contributed by atoms with Crippen molar-refractivity contribution >= 4 is 34.3 Å². The van der Waals surface area contributed by atoms with Crippen molar-refractivity contribution < 1.29 is 4.79 Å². The van der Waals surface area contributed by atoms with Crippen LogP contribution in [0.3, 0.4) is 0 Å². The van der Waals surface area contributed by atoms with Crippen molar-refractivity contribution in [2.75, 3.05) is 16.8 Å². The van der Waals surface area contributed by atoms with Gasteiger partial charge in [-0.05, 0) is 26.8 Å². The van der Waals surface area contributed by atoms with Crippen LogP contribution in [0.2, 0.25) is 0 Å². The molecule has 0 spiro atoms. The standard InChI is InChI=1S/C13H17N3O.BrH/c1-9(2)5-7-16-10(3)13(17)15-11-4-6-14-8-12(11)16;/h4-6,8,10H,7H2,1-3H3,(H,15,17);1H. The molecular weight excluding hydrogens is 294 g/mol. The van der Waals surface area contributed by atoms with E-state index in [0.717, 1.165) is 17.9 Å². The second-order valence-electron chi connectivity index (χ2n) is 4.49. The first-order valence-corrected chi connectivity index (χ1v) is 5.74. The minimum absolute atomic E-state index is 0. The number of rotatable bonds is 2. The largest absolute Gasteiger partial charge is 0.353 e. The molecule has 0 saturated carbocycles. The number of hydrogen-bond acceptors (Lipinski definition) is 3. The van der Waals surface area contributed by atoms with Crippen molar-refractivity contribution in [2.45, 2.75) is 26.8 Å². The molecule has 1 atom stereocenters. The van der Waals surface area contributed by atoms with Crippen molar-refractivity contribution in [2.24, 2.45) is 0 Å². The number of fused-ring (bicyclic) bond motifs is 1. The molecule has 5 heteroatoms. The van der Waals surface area contributed by atoms with Gasteiger partial charge in [-0.1, -0.05) is 11.6 Å². The van der Waals surface area contributed by atoms with E-state index in [1.165, 1.54) is 5.57 Å². The minimum Gasteiger partial charge on any atom is -0.353 e. The van der Waals surface area contributed by atoms with Crippen molar-refractivity contribution in [3.63, 3.8) is 0 Å². The topological polar surface area (TPSA) is 45.2 Å². The number of aromatic nitrogens is 1. The summed E-state index contributed by atoms with van der Waals surface area (Å²) in [4.78, 5) is 18.0. The molecular formula is C13H18BrN3O. The van der Waals surface area contributed by atoms with Gasteiger partial charge >= 0.3 is 0 Å². The maximum Gasteiger partial charge on any atom is 0.246 e. The summed E-state index contributed by atoms with van der Waals surface area (Å²) in [6, 6.07) is 1.66. The van der Waals surface area contributed by atoms with Gasteiger partial charge in [-0.2, -0.15) is 0 Å². The summed E-state index contributed by atoms with van der Waals surface area (Å²) in [5.41, 5.74) is 3.07. The third-order valence-electron chi connectivity index (χ3n) is 2.91. The number of nitrogens with zero attached hydrogens (tertiary/aromatic N) is 2. The molecule has 1 amide bonds. The Morgan fingerprint density at radius 3 is 2.94 bits per heavy atom. The number of nitrogens with one attached hydrogen (secondary N) is 1. The van der Waals surface area contributed by atoms with Gasteiger partial charge in [0.05, 0.1) is 17.6 Å². The van der Waals surface area contributed by atoms with Crippen LogP contribution >= 0.6 is 17.0 Å². The first kappa shape index (κ1) is 14.7. The molecule has 0 aromatic carbocycles. The number of allylic oxidation sites excluding steroid dienone is 1. The van der Waals surface area contributed by atoms with Crippen LogP contribution in [-0.4, -0.2) is 23.5 Å². The minimum atomic E-state index is -0.165. The van der Waals surface area contributed by atoms with Gasteiger partial charge in [0.25, 0.3) is 0 Å². The highest BCUT2D eigenvalue weighted by Gasteiger charge is 2.28. The van der Waals surface area contributed by atoms with Crippen LogP contribution < -0.4 is 10.2 Å². The summed E-state index contributed by atoms with van der Waals surface area (Å²) in [6.45, 7) is 6.75. The quantitative estimate of drug-likeness (QED) is 0.854. The number of anilines is 2. The molecule has 1 aromatic heterocycles. The molecule has 1 N–H and O–H groups in total. The van der Waals surface area contributed by atoms with Gasteiger partial charge in [-0.15, -0.1) is 17.0 Å². The summed E-state index contributed by atoms with van der Waals surface area (Å²) in [5.74, 6) is 0.0332. The van der Waals surface area contributed by atoms with E-state index in [1.807, 2.05) is 13.0 Å². The number of pyridine rings is 1. The molecule has 2 rings (SSSR count). The van der Waals surface area contributed by atoms with E-state index >= 15 is 0 Å². The first-order chi connectivity index (χ1) is 8.09. The maximum atomic E-state index is 11.8. The smallest absolute Gasteiger partial charge is 0.246 e. The van der Waals surface area contributed by atoms with E-state index in [0.29, 0.717) is 0 Å². The fraction of sp³-hybridized carbons (Fsp3) is 0.385. The zero-order valence-corrected chi connectivity index (χ0v) is 12.5. The molecule has 18 heavy (non-hydrogen) atoms. The van der Waals surface area contributed by atoms with Crippen LogP contribution in [0, 0.1) is 0 Å². The van der Waals surface area contributed by atoms with Crippen molar-refractivity contribution in [1.29, 1.82) is 0 Å². The predicted molar refractivity (Wildman–Crippen MR) is 79.4 cm³/mol. The van der Waals surface area contributed by atoms with Crippen molar-refractivity contribution in [1.82, 2.24) is 4.98 Å². The lowest BCUT2D eigenvalue weighted by atomic mass is 10.1. The Hall–Kier alpha value is -1.36. The number of hydrogen-bond donors (Lipinski definition) is 1. The molecule has 4 nitrogen and oxygen atoms in total. The Balaban J connectivity index is 0.00000162. The Labute approximate surface area is 118 Å².